The van der Waals surface area contributed by atoms with E-state index >= 15 is 0 Å². The summed E-state index contributed by atoms with van der Waals surface area (Å²) in [4.78, 5) is 28.1. The number of rotatable bonds is 4. The first-order chi connectivity index (χ1) is 13.6. The molecule has 0 saturated heterocycles. The van der Waals surface area contributed by atoms with E-state index in [1.165, 1.54) is 25.3 Å². The van der Waals surface area contributed by atoms with Crippen molar-refractivity contribution in [2.24, 2.45) is 0 Å². The van der Waals surface area contributed by atoms with Crippen molar-refractivity contribution < 1.29 is 22.4 Å². The van der Waals surface area contributed by atoms with Crippen molar-refractivity contribution >= 4 is 27.6 Å². The number of benzene rings is 1. The number of pyridine rings is 1. The molecule has 1 atom stereocenters. The molecule has 0 radical (unpaired) electrons. The summed E-state index contributed by atoms with van der Waals surface area (Å²) in [7, 11) is -4.35. The Kier molecular flexibility index (Phi) is 5.21. The van der Waals surface area contributed by atoms with E-state index in [1.54, 1.807) is 6.92 Å². The highest BCUT2D eigenvalue weighted by atomic mass is 32.2. The smallest absolute Gasteiger partial charge is 0.336 e. The third kappa shape index (κ3) is 3.74. The first-order valence-electron chi connectivity index (χ1n) is 8.42. The topological polar surface area (TPSA) is 132 Å². The molecule has 3 rings (SSSR count). The molecular weight excluding hydrogens is 401 g/mol. The van der Waals surface area contributed by atoms with E-state index in [0.29, 0.717) is 9.87 Å². The van der Waals surface area contributed by atoms with Crippen LogP contribution < -0.4 is 10.6 Å². The van der Waals surface area contributed by atoms with E-state index in [-0.39, 0.29) is 21.7 Å². The highest BCUT2D eigenvalue weighted by Gasteiger charge is 2.38. The Labute approximate surface area is 166 Å². The number of aromatic nitrogens is 1. The number of aryl methyl sites for hydroxylation is 1. The zero-order valence-corrected chi connectivity index (χ0v) is 16.2. The summed E-state index contributed by atoms with van der Waals surface area (Å²) in [5, 5.41) is 13.8. The van der Waals surface area contributed by atoms with Crippen LogP contribution in [-0.2, 0) is 14.8 Å². The Morgan fingerprint density at radius 3 is 2.79 bits per heavy atom. The van der Waals surface area contributed by atoms with Gasteiger partial charge in [0.05, 0.1) is 29.6 Å². The monoisotopic (exact) mass is 417 g/mol. The minimum atomic E-state index is -4.35. The molecule has 11 heteroatoms. The maximum absolute atomic E-state index is 14.0. The minimum Gasteiger partial charge on any atom is -0.348 e. The van der Waals surface area contributed by atoms with Gasteiger partial charge in [-0.25, -0.2) is 21.9 Å². The second-order valence-electron chi connectivity index (χ2n) is 6.41. The van der Waals surface area contributed by atoms with Crippen LogP contribution in [0.4, 0.5) is 14.9 Å². The molecule has 2 aromatic rings. The lowest BCUT2D eigenvalue weighted by Gasteiger charge is -2.28. The van der Waals surface area contributed by atoms with E-state index in [9.17, 15) is 22.4 Å². The van der Waals surface area contributed by atoms with Crippen LogP contribution in [0.5, 0.6) is 0 Å². The summed E-state index contributed by atoms with van der Waals surface area (Å²) in [6.45, 7) is 2.35. The van der Waals surface area contributed by atoms with Crippen LogP contribution in [0.25, 0.3) is 0 Å². The van der Waals surface area contributed by atoms with Gasteiger partial charge in [-0.2, -0.15) is 5.26 Å². The summed E-state index contributed by atoms with van der Waals surface area (Å²) in [6, 6.07) is 3.83. The SMILES string of the molecule is Cc1cncc(F)c1[C@H](C)NC(=O)CN1C(=O)Nc2ccc(C#N)cc2S1(=O)=O. The molecule has 3 amide bonds. The number of amides is 3. The largest absolute Gasteiger partial charge is 0.348 e. The van der Waals surface area contributed by atoms with E-state index in [1.807, 2.05) is 6.07 Å². The fourth-order valence-electron chi connectivity index (χ4n) is 3.05. The Morgan fingerprint density at radius 2 is 2.14 bits per heavy atom. The van der Waals surface area contributed by atoms with Gasteiger partial charge in [-0.05, 0) is 37.6 Å². The van der Waals surface area contributed by atoms with Gasteiger partial charge in [-0.15, -0.1) is 0 Å². The summed E-state index contributed by atoms with van der Waals surface area (Å²) in [6.07, 6.45) is 2.45. The van der Waals surface area contributed by atoms with Crippen LogP contribution in [0.3, 0.4) is 0 Å². The van der Waals surface area contributed by atoms with Gasteiger partial charge in [0.2, 0.25) is 5.91 Å². The molecule has 0 fully saturated rings. The Hall–Kier alpha value is -3.52. The number of carbonyl (C=O) groups is 2. The summed E-state index contributed by atoms with van der Waals surface area (Å²) in [5.41, 5.74) is 0.834. The molecule has 0 aliphatic carbocycles. The maximum Gasteiger partial charge on any atom is 0.336 e. The average Bonchev–Trinajstić information content (AvgIpc) is 2.65. The molecule has 1 aliphatic heterocycles. The Morgan fingerprint density at radius 1 is 1.41 bits per heavy atom. The molecule has 1 aromatic carbocycles. The zero-order valence-electron chi connectivity index (χ0n) is 15.4. The molecule has 9 nitrogen and oxygen atoms in total. The standard InChI is InChI=1S/C18H16FN5O4S/c1-10-7-21-8-13(19)17(10)11(2)22-16(25)9-24-18(26)23-14-4-3-12(6-20)5-15(14)29(24,27)28/h3-5,7-8,11H,9H2,1-2H3,(H,22,25)(H,23,26)/t11-/m0/s1. The Bertz CT molecular complexity index is 1140. The number of carbonyl (C=O) groups excluding carboxylic acids is 2. The van der Waals surface area contributed by atoms with Crippen molar-refractivity contribution in [1.82, 2.24) is 14.6 Å². The van der Waals surface area contributed by atoms with Gasteiger partial charge in [0.25, 0.3) is 10.0 Å². The van der Waals surface area contributed by atoms with Crippen LogP contribution in [0.2, 0.25) is 0 Å². The number of nitrogens with one attached hydrogen (secondary N) is 2. The van der Waals surface area contributed by atoms with Crippen molar-refractivity contribution in [3.05, 3.63) is 53.1 Å². The van der Waals surface area contributed by atoms with Crippen molar-refractivity contribution in [2.75, 3.05) is 11.9 Å². The first-order valence-corrected chi connectivity index (χ1v) is 9.86. The van der Waals surface area contributed by atoms with Gasteiger partial charge in [-0.1, -0.05) is 0 Å². The van der Waals surface area contributed by atoms with E-state index in [2.05, 4.69) is 15.6 Å². The molecule has 29 heavy (non-hydrogen) atoms. The average molecular weight is 417 g/mol. The lowest BCUT2D eigenvalue weighted by atomic mass is 10.0. The third-order valence-corrected chi connectivity index (χ3v) is 6.15. The lowest BCUT2D eigenvalue weighted by molar-refractivity contribution is -0.121. The molecule has 0 saturated carbocycles. The second-order valence-corrected chi connectivity index (χ2v) is 8.24. The molecule has 1 aliphatic rings. The van der Waals surface area contributed by atoms with Crippen LogP contribution in [0, 0.1) is 24.1 Å². The van der Waals surface area contributed by atoms with Gasteiger partial charge < -0.3 is 10.6 Å². The molecule has 0 bridgehead atoms. The maximum atomic E-state index is 14.0. The molecule has 2 heterocycles. The molecule has 1 aromatic heterocycles. The fourth-order valence-corrected chi connectivity index (χ4v) is 4.51. The number of hydrogen-bond acceptors (Lipinski definition) is 6. The minimum absolute atomic E-state index is 0.0218. The second kappa shape index (κ2) is 7.48. The van der Waals surface area contributed by atoms with Crippen molar-refractivity contribution in [3.63, 3.8) is 0 Å². The number of anilines is 1. The number of nitriles is 1. The number of halogens is 1. The summed E-state index contributed by atoms with van der Waals surface area (Å²) in [5.74, 6) is -1.41. The number of fused-ring (bicyclic) bond motifs is 1. The first kappa shape index (κ1) is 20.2. The van der Waals surface area contributed by atoms with Crippen LogP contribution in [-0.4, -0.2) is 36.2 Å². The molecule has 0 spiro atoms. The van der Waals surface area contributed by atoms with Crippen LogP contribution >= 0.6 is 0 Å². The normalized spacial score (nSPS) is 15.7. The van der Waals surface area contributed by atoms with E-state index in [0.717, 1.165) is 12.3 Å². The number of urea groups is 1. The van der Waals surface area contributed by atoms with E-state index < -0.39 is 40.4 Å². The highest BCUT2D eigenvalue weighted by molar-refractivity contribution is 7.90. The number of nitrogens with zero attached hydrogens (tertiary/aromatic N) is 3. The number of sulfonamides is 1. The highest BCUT2D eigenvalue weighted by Crippen LogP contribution is 2.30. The van der Waals surface area contributed by atoms with Crippen molar-refractivity contribution in [3.8, 4) is 6.07 Å². The zero-order chi connectivity index (χ0) is 21.3. The Balaban J connectivity index is 1.83. The molecular formula is C18H16FN5O4S. The van der Waals surface area contributed by atoms with Crippen molar-refractivity contribution in [1.29, 1.82) is 5.26 Å². The van der Waals surface area contributed by atoms with Crippen LogP contribution in [0.15, 0.2) is 35.5 Å². The van der Waals surface area contributed by atoms with Gasteiger partial charge in [0.1, 0.15) is 17.3 Å². The summed E-state index contributed by atoms with van der Waals surface area (Å²) >= 11 is 0. The predicted molar refractivity (Wildman–Crippen MR) is 99.6 cm³/mol. The predicted octanol–water partition coefficient (Wildman–Crippen LogP) is 1.81. The molecule has 150 valence electrons. The summed E-state index contributed by atoms with van der Waals surface area (Å²) < 4.78 is 40.0. The molecule has 0 unspecified atom stereocenters. The van der Waals surface area contributed by atoms with E-state index in [4.69, 9.17) is 5.26 Å². The fraction of sp³-hybridized carbons (Fsp3) is 0.222. The van der Waals surface area contributed by atoms with Gasteiger partial charge >= 0.3 is 6.03 Å². The lowest BCUT2D eigenvalue weighted by Crippen LogP contribution is -2.49. The van der Waals surface area contributed by atoms with Gasteiger partial charge in [0.15, 0.2) is 0 Å². The van der Waals surface area contributed by atoms with Crippen molar-refractivity contribution in [2.45, 2.75) is 24.8 Å². The van der Waals surface area contributed by atoms with Gasteiger partial charge in [-0.3, -0.25) is 9.78 Å². The quantitative estimate of drug-likeness (QED) is 0.780. The molecule has 2 N–H and O–H groups in total. The van der Waals surface area contributed by atoms with Crippen LogP contribution in [0.1, 0.15) is 29.7 Å². The third-order valence-electron chi connectivity index (χ3n) is 4.38. The number of hydrogen-bond donors (Lipinski definition) is 2. The van der Waals surface area contributed by atoms with Gasteiger partial charge in [0, 0.05) is 11.8 Å².